The number of rotatable bonds is 3. The normalized spacial score (nSPS) is 12.5. The van der Waals surface area contributed by atoms with Crippen LogP contribution in [0.1, 0.15) is 18.1 Å². The van der Waals surface area contributed by atoms with Crippen LogP contribution in [0.3, 0.4) is 0 Å². The Labute approximate surface area is 87.2 Å². The van der Waals surface area contributed by atoms with Gasteiger partial charge in [-0.05, 0) is 25.0 Å². The first-order valence-corrected chi connectivity index (χ1v) is 4.63. The molecule has 0 spiro atoms. The molecule has 1 atom stereocenters. The lowest BCUT2D eigenvalue weighted by Gasteiger charge is -2.11. The van der Waals surface area contributed by atoms with Crippen molar-refractivity contribution in [1.29, 1.82) is 0 Å². The Bertz CT molecular complexity index is 388. The standard InChI is InChI=1S/C11H13FO3/c1-6-3-4-9(12)10(13)8(6)5-7(2)11(14)15/h3-4,7,13H,5H2,1-2H3,(H,14,15). The van der Waals surface area contributed by atoms with E-state index in [1.807, 2.05) is 0 Å². The van der Waals surface area contributed by atoms with Crippen LogP contribution in [0.25, 0.3) is 0 Å². The average Bonchev–Trinajstić information content (AvgIpc) is 2.18. The van der Waals surface area contributed by atoms with Crippen molar-refractivity contribution in [2.75, 3.05) is 0 Å². The number of carboxylic acid groups (broad SMARTS) is 1. The van der Waals surface area contributed by atoms with E-state index in [1.165, 1.54) is 19.1 Å². The van der Waals surface area contributed by atoms with Gasteiger partial charge in [0.05, 0.1) is 5.92 Å². The van der Waals surface area contributed by atoms with Crippen molar-refractivity contribution in [2.45, 2.75) is 20.3 Å². The monoisotopic (exact) mass is 212 g/mol. The van der Waals surface area contributed by atoms with Gasteiger partial charge in [-0.2, -0.15) is 0 Å². The van der Waals surface area contributed by atoms with Crippen LogP contribution in [-0.2, 0) is 11.2 Å². The number of hydrogen-bond donors (Lipinski definition) is 2. The van der Waals surface area contributed by atoms with Crippen LogP contribution in [-0.4, -0.2) is 16.2 Å². The van der Waals surface area contributed by atoms with Crippen molar-refractivity contribution in [3.63, 3.8) is 0 Å². The van der Waals surface area contributed by atoms with Crippen LogP contribution < -0.4 is 0 Å². The van der Waals surface area contributed by atoms with Gasteiger partial charge in [-0.25, -0.2) is 4.39 Å². The minimum Gasteiger partial charge on any atom is -0.505 e. The number of aliphatic carboxylic acids is 1. The van der Waals surface area contributed by atoms with E-state index in [0.717, 1.165) is 0 Å². The van der Waals surface area contributed by atoms with Crippen LogP contribution in [0.4, 0.5) is 4.39 Å². The highest BCUT2D eigenvalue weighted by molar-refractivity contribution is 5.70. The molecule has 0 aromatic heterocycles. The Morgan fingerprint density at radius 3 is 2.67 bits per heavy atom. The number of carboxylic acids is 1. The summed E-state index contributed by atoms with van der Waals surface area (Å²) in [5.74, 6) is -2.76. The SMILES string of the molecule is Cc1ccc(F)c(O)c1CC(C)C(=O)O. The Morgan fingerprint density at radius 1 is 1.53 bits per heavy atom. The summed E-state index contributed by atoms with van der Waals surface area (Å²) >= 11 is 0. The molecule has 1 unspecified atom stereocenters. The molecule has 0 saturated carbocycles. The lowest BCUT2D eigenvalue weighted by molar-refractivity contribution is -0.141. The van der Waals surface area contributed by atoms with Gasteiger partial charge in [0.25, 0.3) is 0 Å². The van der Waals surface area contributed by atoms with Gasteiger partial charge in [0.1, 0.15) is 0 Å². The van der Waals surface area contributed by atoms with Gasteiger partial charge in [0.15, 0.2) is 11.6 Å². The first-order chi connectivity index (χ1) is 6.93. The van der Waals surface area contributed by atoms with Crippen LogP contribution in [0.5, 0.6) is 5.75 Å². The molecule has 1 aromatic rings. The molecule has 0 fully saturated rings. The number of aryl methyl sites for hydroxylation is 1. The lowest BCUT2D eigenvalue weighted by atomic mass is 9.96. The first kappa shape index (κ1) is 11.5. The number of hydrogen-bond acceptors (Lipinski definition) is 2. The largest absolute Gasteiger partial charge is 0.505 e. The highest BCUT2D eigenvalue weighted by Gasteiger charge is 2.17. The zero-order valence-corrected chi connectivity index (χ0v) is 8.62. The molecule has 2 N–H and O–H groups in total. The summed E-state index contributed by atoms with van der Waals surface area (Å²) in [4.78, 5) is 10.6. The van der Waals surface area contributed by atoms with Crippen molar-refractivity contribution in [3.8, 4) is 5.75 Å². The quantitative estimate of drug-likeness (QED) is 0.806. The number of phenolic OH excluding ortho intramolecular Hbond substituents is 1. The number of phenols is 1. The first-order valence-electron chi connectivity index (χ1n) is 4.63. The van der Waals surface area contributed by atoms with Crippen molar-refractivity contribution < 1.29 is 19.4 Å². The smallest absolute Gasteiger partial charge is 0.306 e. The summed E-state index contributed by atoms with van der Waals surface area (Å²) in [6.45, 7) is 3.23. The molecule has 0 aliphatic heterocycles. The maximum atomic E-state index is 13.0. The van der Waals surface area contributed by atoms with Crippen molar-refractivity contribution in [1.82, 2.24) is 0 Å². The van der Waals surface area contributed by atoms with Crippen molar-refractivity contribution in [3.05, 3.63) is 29.1 Å². The second kappa shape index (κ2) is 4.29. The molecule has 0 saturated heterocycles. The fourth-order valence-electron chi connectivity index (χ4n) is 1.36. The van der Waals surface area contributed by atoms with E-state index in [9.17, 15) is 14.3 Å². The molecule has 3 nitrogen and oxygen atoms in total. The summed E-state index contributed by atoms with van der Waals surface area (Å²) in [5.41, 5.74) is 1.06. The third kappa shape index (κ3) is 2.46. The van der Waals surface area contributed by atoms with Crippen LogP contribution in [0, 0.1) is 18.7 Å². The van der Waals surface area contributed by atoms with Crippen LogP contribution in [0.2, 0.25) is 0 Å². The fourth-order valence-corrected chi connectivity index (χ4v) is 1.36. The Kier molecular flexibility index (Phi) is 3.29. The van der Waals surface area contributed by atoms with E-state index in [2.05, 4.69) is 0 Å². The minimum atomic E-state index is -0.960. The molecule has 0 bridgehead atoms. The molecule has 0 aliphatic carbocycles. The topological polar surface area (TPSA) is 57.5 Å². The number of halogens is 1. The maximum Gasteiger partial charge on any atom is 0.306 e. The van der Waals surface area contributed by atoms with E-state index in [0.29, 0.717) is 11.1 Å². The molecule has 82 valence electrons. The van der Waals surface area contributed by atoms with E-state index < -0.39 is 23.5 Å². The molecule has 0 heterocycles. The van der Waals surface area contributed by atoms with Gasteiger partial charge < -0.3 is 10.2 Å². The molecule has 0 amide bonds. The molecule has 1 rings (SSSR count). The second-order valence-electron chi connectivity index (χ2n) is 3.63. The van der Waals surface area contributed by atoms with Gasteiger partial charge >= 0.3 is 5.97 Å². The highest BCUT2D eigenvalue weighted by atomic mass is 19.1. The maximum absolute atomic E-state index is 13.0. The number of aromatic hydroxyl groups is 1. The average molecular weight is 212 g/mol. The summed E-state index contributed by atoms with van der Waals surface area (Å²) in [6, 6.07) is 2.69. The van der Waals surface area contributed by atoms with Gasteiger partial charge in [-0.15, -0.1) is 0 Å². The van der Waals surface area contributed by atoms with Crippen LogP contribution in [0.15, 0.2) is 12.1 Å². The second-order valence-corrected chi connectivity index (χ2v) is 3.63. The predicted octanol–water partition coefficient (Wildman–Crippen LogP) is 2.10. The summed E-state index contributed by atoms with van der Waals surface area (Å²) in [6.07, 6.45) is 0.130. The Hall–Kier alpha value is -1.58. The van der Waals surface area contributed by atoms with Crippen molar-refractivity contribution >= 4 is 5.97 Å². The minimum absolute atomic E-state index is 0.130. The Balaban J connectivity index is 3.03. The third-order valence-electron chi connectivity index (χ3n) is 2.40. The molecule has 1 aromatic carbocycles. The molecule has 4 heteroatoms. The predicted molar refractivity (Wildman–Crippen MR) is 53.3 cm³/mol. The van der Waals surface area contributed by atoms with Gasteiger partial charge in [-0.3, -0.25) is 4.79 Å². The summed E-state index contributed by atoms with van der Waals surface area (Å²) in [5, 5.41) is 18.2. The molecule has 15 heavy (non-hydrogen) atoms. The van der Waals surface area contributed by atoms with Crippen molar-refractivity contribution in [2.24, 2.45) is 5.92 Å². The van der Waals surface area contributed by atoms with E-state index in [4.69, 9.17) is 5.11 Å². The lowest BCUT2D eigenvalue weighted by Crippen LogP contribution is -2.13. The fraction of sp³-hybridized carbons (Fsp3) is 0.364. The van der Waals surface area contributed by atoms with Gasteiger partial charge in [0, 0.05) is 5.56 Å². The molecule has 0 aliphatic rings. The van der Waals surface area contributed by atoms with Gasteiger partial charge in [0.2, 0.25) is 0 Å². The molecule has 0 radical (unpaired) electrons. The van der Waals surface area contributed by atoms with Crippen LogP contribution >= 0.6 is 0 Å². The van der Waals surface area contributed by atoms with E-state index in [-0.39, 0.29) is 6.42 Å². The zero-order chi connectivity index (χ0) is 11.6. The Morgan fingerprint density at radius 2 is 2.13 bits per heavy atom. The number of benzene rings is 1. The highest BCUT2D eigenvalue weighted by Crippen LogP contribution is 2.26. The molecular formula is C11H13FO3. The third-order valence-corrected chi connectivity index (χ3v) is 2.40. The van der Waals surface area contributed by atoms with Gasteiger partial charge in [-0.1, -0.05) is 13.0 Å². The number of carbonyl (C=O) groups is 1. The van der Waals surface area contributed by atoms with E-state index >= 15 is 0 Å². The summed E-state index contributed by atoms with van der Waals surface area (Å²) in [7, 11) is 0. The molecular weight excluding hydrogens is 199 g/mol. The van der Waals surface area contributed by atoms with E-state index in [1.54, 1.807) is 6.92 Å². The summed E-state index contributed by atoms with van der Waals surface area (Å²) < 4.78 is 13.0. The zero-order valence-electron chi connectivity index (χ0n) is 8.62.